The molecule has 0 radical (unpaired) electrons. The van der Waals surface area contributed by atoms with Crippen molar-refractivity contribution in [2.75, 3.05) is 26.2 Å². The second kappa shape index (κ2) is 10.3. The van der Waals surface area contributed by atoms with Crippen LogP contribution < -0.4 is 0 Å². The number of carbonyl (C=O) groups is 2. The van der Waals surface area contributed by atoms with Crippen LogP contribution >= 0.6 is 0 Å². The highest BCUT2D eigenvalue weighted by atomic mass is 16.2. The van der Waals surface area contributed by atoms with Gasteiger partial charge in [0.25, 0.3) is 5.91 Å². The van der Waals surface area contributed by atoms with Crippen LogP contribution in [-0.2, 0) is 11.2 Å². The van der Waals surface area contributed by atoms with E-state index in [1.54, 1.807) is 34.2 Å². The SMILES string of the molecule is C=CCN1CCN(C(=O)c2ccccn2)C[C@@H](Cc2ccccc2-c2ccc(C)cc2)C1=O. The number of amides is 2. The van der Waals surface area contributed by atoms with Crippen LogP contribution in [0.5, 0.6) is 0 Å². The Morgan fingerprint density at radius 3 is 2.55 bits per heavy atom. The third-order valence-electron chi connectivity index (χ3n) is 6.11. The summed E-state index contributed by atoms with van der Waals surface area (Å²) in [6.07, 6.45) is 3.92. The number of hydrogen-bond acceptors (Lipinski definition) is 3. The van der Waals surface area contributed by atoms with Gasteiger partial charge in [0.05, 0.1) is 5.92 Å². The molecule has 2 heterocycles. The molecule has 4 rings (SSSR count). The van der Waals surface area contributed by atoms with E-state index in [1.807, 2.05) is 18.2 Å². The van der Waals surface area contributed by atoms with E-state index in [1.165, 1.54) is 5.56 Å². The van der Waals surface area contributed by atoms with Gasteiger partial charge in [-0.1, -0.05) is 66.2 Å². The Bertz CT molecular complexity index is 1130. The van der Waals surface area contributed by atoms with Gasteiger partial charge in [-0.15, -0.1) is 6.58 Å². The molecule has 1 aromatic heterocycles. The van der Waals surface area contributed by atoms with E-state index in [0.717, 1.165) is 16.7 Å². The Labute approximate surface area is 195 Å². The monoisotopic (exact) mass is 439 g/mol. The van der Waals surface area contributed by atoms with Crippen LogP contribution in [0.25, 0.3) is 11.1 Å². The van der Waals surface area contributed by atoms with E-state index in [9.17, 15) is 9.59 Å². The molecule has 0 aliphatic carbocycles. The molecule has 0 bridgehead atoms. The molecule has 168 valence electrons. The van der Waals surface area contributed by atoms with Crippen LogP contribution in [0.15, 0.2) is 85.6 Å². The normalized spacial score (nSPS) is 16.4. The van der Waals surface area contributed by atoms with Crippen molar-refractivity contribution in [1.82, 2.24) is 14.8 Å². The Kier molecular flexibility index (Phi) is 6.98. The van der Waals surface area contributed by atoms with E-state index in [4.69, 9.17) is 0 Å². The minimum Gasteiger partial charge on any atom is -0.337 e. The third kappa shape index (κ3) is 5.20. The van der Waals surface area contributed by atoms with Crippen LogP contribution in [0.3, 0.4) is 0 Å². The van der Waals surface area contributed by atoms with Crippen LogP contribution in [0.4, 0.5) is 0 Å². The zero-order valence-electron chi connectivity index (χ0n) is 19.0. The van der Waals surface area contributed by atoms with Crippen molar-refractivity contribution in [1.29, 1.82) is 0 Å². The summed E-state index contributed by atoms with van der Waals surface area (Å²) in [6.45, 7) is 7.68. The van der Waals surface area contributed by atoms with Gasteiger partial charge in [-0.05, 0) is 42.2 Å². The first-order valence-electron chi connectivity index (χ1n) is 11.3. The van der Waals surface area contributed by atoms with Crippen molar-refractivity contribution in [3.05, 3.63) is 102 Å². The lowest BCUT2D eigenvalue weighted by Crippen LogP contribution is -2.38. The summed E-state index contributed by atoms with van der Waals surface area (Å²) in [6, 6.07) is 22.0. The van der Waals surface area contributed by atoms with Crippen molar-refractivity contribution in [3.63, 3.8) is 0 Å². The summed E-state index contributed by atoms with van der Waals surface area (Å²) in [7, 11) is 0. The Hall–Kier alpha value is -3.73. The minimum atomic E-state index is -0.341. The van der Waals surface area contributed by atoms with Crippen molar-refractivity contribution in [2.45, 2.75) is 13.3 Å². The highest BCUT2D eigenvalue weighted by Gasteiger charge is 2.33. The van der Waals surface area contributed by atoms with Gasteiger partial charge in [0.1, 0.15) is 5.69 Å². The van der Waals surface area contributed by atoms with Crippen molar-refractivity contribution in [2.24, 2.45) is 5.92 Å². The van der Waals surface area contributed by atoms with Gasteiger partial charge in [0.2, 0.25) is 5.91 Å². The summed E-state index contributed by atoms with van der Waals surface area (Å²) in [4.78, 5) is 34.4. The first kappa shape index (κ1) is 22.5. The first-order chi connectivity index (χ1) is 16.1. The molecule has 1 fully saturated rings. The fraction of sp³-hybridized carbons (Fsp3) is 0.250. The van der Waals surface area contributed by atoms with Crippen molar-refractivity contribution < 1.29 is 9.59 Å². The van der Waals surface area contributed by atoms with Gasteiger partial charge in [0, 0.05) is 32.4 Å². The zero-order valence-corrected chi connectivity index (χ0v) is 19.0. The van der Waals surface area contributed by atoms with Gasteiger partial charge in [0.15, 0.2) is 0 Å². The summed E-state index contributed by atoms with van der Waals surface area (Å²) in [5.41, 5.74) is 4.96. The molecule has 33 heavy (non-hydrogen) atoms. The lowest BCUT2D eigenvalue weighted by molar-refractivity contribution is -0.134. The van der Waals surface area contributed by atoms with Gasteiger partial charge in [-0.3, -0.25) is 14.6 Å². The summed E-state index contributed by atoms with van der Waals surface area (Å²) in [5.74, 6) is -0.419. The number of aromatic nitrogens is 1. The molecule has 2 amide bonds. The van der Waals surface area contributed by atoms with Gasteiger partial charge in [-0.25, -0.2) is 0 Å². The number of benzene rings is 2. The Balaban J connectivity index is 1.64. The number of carbonyl (C=O) groups excluding carboxylic acids is 2. The van der Waals surface area contributed by atoms with Crippen LogP contribution in [0.1, 0.15) is 21.6 Å². The van der Waals surface area contributed by atoms with E-state index < -0.39 is 0 Å². The van der Waals surface area contributed by atoms with Crippen molar-refractivity contribution in [3.8, 4) is 11.1 Å². The van der Waals surface area contributed by atoms with Crippen LogP contribution in [0.2, 0.25) is 0 Å². The molecule has 1 aliphatic rings. The maximum Gasteiger partial charge on any atom is 0.272 e. The molecule has 1 saturated heterocycles. The molecule has 0 spiro atoms. The number of pyridine rings is 1. The number of hydrogen-bond donors (Lipinski definition) is 0. The fourth-order valence-electron chi connectivity index (χ4n) is 4.35. The highest BCUT2D eigenvalue weighted by Crippen LogP contribution is 2.28. The molecule has 1 atom stereocenters. The van der Waals surface area contributed by atoms with E-state index in [-0.39, 0.29) is 17.7 Å². The highest BCUT2D eigenvalue weighted by molar-refractivity contribution is 5.93. The van der Waals surface area contributed by atoms with Gasteiger partial charge >= 0.3 is 0 Å². The molecular weight excluding hydrogens is 410 g/mol. The predicted molar refractivity (Wildman–Crippen MR) is 131 cm³/mol. The van der Waals surface area contributed by atoms with Gasteiger partial charge in [-0.2, -0.15) is 0 Å². The summed E-state index contributed by atoms with van der Waals surface area (Å²) >= 11 is 0. The topological polar surface area (TPSA) is 53.5 Å². The zero-order chi connectivity index (χ0) is 23.2. The molecule has 1 aliphatic heterocycles. The molecule has 0 saturated carbocycles. The molecule has 5 heteroatoms. The Morgan fingerprint density at radius 2 is 1.82 bits per heavy atom. The van der Waals surface area contributed by atoms with Crippen LogP contribution in [0, 0.1) is 12.8 Å². The number of nitrogens with zero attached hydrogens (tertiary/aromatic N) is 3. The third-order valence-corrected chi connectivity index (χ3v) is 6.11. The van der Waals surface area contributed by atoms with Gasteiger partial charge < -0.3 is 9.80 Å². The smallest absolute Gasteiger partial charge is 0.272 e. The summed E-state index contributed by atoms with van der Waals surface area (Å²) < 4.78 is 0. The second-order valence-electron chi connectivity index (χ2n) is 8.46. The van der Waals surface area contributed by atoms with Crippen LogP contribution in [-0.4, -0.2) is 52.8 Å². The fourth-order valence-corrected chi connectivity index (χ4v) is 4.35. The molecule has 0 unspecified atom stereocenters. The van der Waals surface area contributed by atoms with E-state index in [0.29, 0.717) is 38.3 Å². The molecule has 2 aromatic carbocycles. The number of rotatable bonds is 6. The van der Waals surface area contributed by atoms with Crippen molar-refractivity contribution >= 4 is 11.8 Å². The summed E-state index contributed by atoms with van der Waals surface area (Å²) in [5, 5.41) is 0. The lowest BCUT2D eigenvalue weighted by atomic mass is 9.91. The first-order valence-corrected chi connectivity index (χ1v) is 11.3. The van der Waals surface area contributed by atoms with E-state index >= 15 is 0 Å². The quantitative estimate of drug-likeness (QED) is 0.536. The average molecular weight is 440 g/mol. The average Bonchev–Trinajstić information content (AvgIpc) is 3.00. The maximum absolute atomic E-state index is 13.5. The second-order valence-corrected chi connectivity index (χ2v) is 8.46. The standard InChI is InChI=1S/C28H29N3O2/c1-3-16-30-17-18-31(28(33)26-10-6-7-15-29-26)20-24(27(30)32)19-23-8-4-5-9-25(23)22-13-11-21(2)12-14-22/h3-15,24H,1,16-20H2,2H3/t24-/m1/s1. The predicted octanol–water partition coefficient (Wildman–Crippen LogP) is 4.39. The maximum atomic E-state index is 13.5. The number of aryl methyl sites for hydroxylation is 1. The molecule has 3 aromatic rings. The lowest BCUT2D eigenvalue weighted by Gasteiger charge is -2.24. The molecule has 0 N–H and O–H groups in total. The molecular formula is C28H29N3O2. The Morgan fingerprint density at radius 1 is 1.06 bits per heavy atom. The largest absolute Gasteiger partial charge is 0.337 e. The van der Waals surface area contributed by atoms with E-state index in [2.05, 4.69) is 54.9 Å². The minimum absolute atomic E-state index is 0.0601. The molecule has 5 nitrogen and oxygen atoms in total.